The second-order valence-electron chi connectivity index (χ2n) is 8.18. The van der Waals surface area contributed by atoms with E-state index in [2.05, 4.69) is 15.3 Å². The molecular weight excluding hydrogens is 484 g/mol. The molecule has 5 rings (SSSR count). The zero-order valence-electron chi connectivity index (χ0n) is 20.5. The van der Waals surface area contributed by atoms with Gasteiger partial charge in [-0.3, -0.25) is 14.7 Å². The van der Waals surface area contributed by atoms with Gasteiger partial charge >= 0.3 is 6.09 Å². The number of aromatic nitrogens is 4. The SMILES string of the molecule is CCOc1ccc(-c2nc(C(N)=O)c3nc(NC(=O)OCc4ccccc4)n(-c4ccccc4)c3n2)cc1. The predicted molar refractivity (Wildman–Crippen MR) is 142 cm³/mol. The molecule has 0 atom stereocenters. The van der Waals surface area contributed by atoms with Crippen LogP contribution in [0.15, 0.2) is 84.9 Å². The van der Waals surface area contributed by atoms with Gasteiger partial charge in [-0.2, -0.15) is 0 Å². The topological polar surface area (TPSA) is 134 Å². The summed E-state index contributed by atoms with van der Waals surface area (Å²) in [5.41, 5.74) is 8.19. The van der Waals surface area contributed by atoms with Crippen LogP contribution in [0, 0.1) is 0 Å². The molecule has 2 amide bonds. The van der Waals surface area contributed by atoms with E-state index in [-0.39, 0.29) is 29.6 Å². The molecule has 0 radical (unpaired) electrons. The third-order valence-electron chi connectivity index (χ3n) is 5.60. The molecular formula is C28H24N6O4. The fourth-order valence-electron chi connectivity index (χ4n) is 3.88. The van der Waals surface area contributed by atoms with Crippen molar-refractivity contribution >= 4 is 29.1 Å². The largest absolute Gasteiger partial charge is 0.494 e. The maximum Gasteiger partial charge on any atom is 0.414 e. The van der Waals surface area contributed by atoms with Crippen molar-refractivity contribution in [1.29, 1.82) is 0 Å². The van der Waals surface area contributed by atoms with E-state index < -0.39 is 12.0 Å². The summed E-state index contributed by atoms with van der Waals surface area (Å²) >= 11 is 0. The number of amides is 2. The Labute approximate surface area is 218 Å². The number of fused-ring (bicyclic) bond motifs is 1. The molecule has 0 spiro atoms. The van der Waals surface area contributed by atoms with E-state index in [1.807, 2.05) is 67.6 Å². The lowest BCUT2D eigenvalue weighted by atomic mass is 10.2. The van der Waals surface area contributed by atoms with E-state index in [1.165, 1.54) is 0 Å². The van der Waals surface area contributed by atoms with E-state index in [0.717, 1.165) is 5.56 Å². The van der Waals surface area contributed by atoms with E-state index in [1.54, 1.807) is 28.8 Å². The summed E-state index contributed by atoms with van der Waals surface area (Å²) in [6.07, 6.45) is -0.721. The highest BCUT2D eigenvalue weighted by atomic mass is 16.5. The maximum atomic E-state index is 12.7. The van der Waals surface area contributed by atoms with E-state index >= 15 is 0 Å². The van der Waals surface area contributed by atoms with Gasteiger partial charge in [-0.05, 0) is 48.9 Å². The molecule has 190 valence electrons. The van der Waals surface area contributed by atoms with Crippen molar-refractivity contribution < 1.29 is 19.1 Å². The highest BCUT2D eigenvalue weighted by Crippen LogP contribution is 2.28. The van der Waals surface area contributed by atoms with Gasteiger partial charge in [0.1, 0.15) is 17.9 Å². The molecule has 0 bridgehead atoms. The van der Waals surface area contributed by atoms with Crippen LogP contribution in [0.1, 0.15) is 23.0 Å². The smallest absolute Gasteiger partial charge is 0.414 e. The average molecular weight is 509 g/mol. The molecule has 38 heavy (non-hydrogen) atoms. The molecule has 0 saturated heterocycles. The average Bonchev–Trinajstić information content (AvgIpc) is 3.30. The van der Waals surface area contributed by atoms with Gasteiger partial charge < -0.3 is 15.2 Å². The van der Waals surface area contributed by atoms with Crippen LogP contribution in [0.4, 0.5) is 10.7 Å². The van der Waals surface area contributed by atoms with Crippen LogP contribution in [-0.2, 0) is 11.3 Å². The zero-order valence-corrected chi connectivity index (χ0v) is 20.5. The number of benzene rings is 3. The van der Waals surface area contributed by atoms with E-state index in [4.69, 9.17) is 20.2 Å². The van der Waals surface area contributed by atoms with Crippen LogP contribution in [0.25, 0.3) is 28.2 Å². The van der Waals surface area contributed by atoms with Gasteiger partial charge in [0, 0.05) is 5.56 Å². The minimum absolute atomic E-state index is 0.0748. The standard InChI is InChI=1S/C28H24N6O4/c1-2-37-21-15-13-19(14-16-21)25-30-22(24(29)35)23-26(32-25)34(20-11-7-4-8-12-20)27(31-23)33-28(36)38-17-18-9-5-3-6-10-18/h3-16H,2,17H2,1H3,(H2,29,35)(H,31,33,36). The molecule has 3 N–H and O–H groups in total. The number of rotatable bonds is 8. The van der Waals surface area contributed by atoms with Gasteiger partial charge in [-0.25, -0.2) is 19.7 Å². The first kappa shape index (κ1) is 24.4. The summed E-state index contributed by atoms with van der Waals surface area (Å²) in [6, 6.07) is 25.6. The number of hydrogen-bond acceptors (Lipinski definition) is 7. The number of primary amides is 1. The van der Waals surface area contributed by atoms with Gasteiger partial charge in [0.25, 0.3) is 5.91 Å². The number of carbonyl (C=O) groups excluding carboxylic acids is 2. The normalized spacial score (nSPS) is 10.8. The van der Waals surface area contributed by atoms with Crippen molar-refractivity contribution in [2.45, 2.75) is 13.5 Å². The lowest BCUT2D eigenvalue weighted by molar-refractivity contribution is 0.0997. The molecule has 0 fully saturated rings. The summed E-state index contributed by atoms with van der Waals surface area (Å²) < 4.78 is 12.5. The Kier molecular flexibility index (Phi) is 6.94. The maximum absolute atomic E-state index is 12.7. The Morgan fingerprint density at radius 1 is 0.895 bits per heavy atom. The summed E-state index contributed by atoms with van der Waals surface area (Å²) in [5.74, 6) is 0.289. The Hall–Kier alpha value is -5.25. The molecule has 0 unspecified atom stereocenters. The fourth-order valence-corrected chi connectivity index (χ4v) is 3.88. The highest BCUT2D eigenvalue weighted by Gasteiger charge is 2.23. The van der Waals surface area contributed by atoms with Crippen LogP contribution in [0.5, 0.6) is 5.75 Å². The van der Waals surface area contributed by atoms with E-state index in [0.29, 0.717) is 29.3 Å². The monoisotopic (exact) mass is 508 g/mol. The summed E-state index contributed by atoms with van der Waals surface area (Å²) in [5, 5.41) is 2.67. The van der Waals surface area contributed by atoms with Crippen LogP contribution in [0.3, 0.4) is 0 Å². The molecule has 0 saturated carbocycles. The fraction of sp³-hybridized carbons (Fsp3) is 0.107. The van der Waals surface area contributed by atoms with Gasteiger partial charge in [0.15, 0.2) is 17.2 Å². The van der Waals surface area contributed by atoms with Crippen molar-refractivity contribution in [2.24, 2.45) is 5.73 Å². The number of anilines is 1. The molecule has 5 aromatic rings. The molecule has 0 aliphatic rings. The predicted octanol–water partition coefficient (Wildman–Crippen LogP) is 4.73. The van der Waals surface area contributed by atoms with Crippen LogP contribution in [-0.4, -0.2) is 38.1 Å². The van der Waals surface area contributed by atoms with Gasteiger partial charge in [-0.15, -0.1) is 0 Å². The molecule has 2 heterocycles. The second-order valence-corrected chi connectivity index (χ2v) is 8.18. The summed E-state index contributed by atoms with van der Waals surface area (Å²) in [7, 11) is 0. The molecule has 2 aromatic heterocycles. The number of hydrogen-bond donors (Lipinski definition) is 2. The third kappa shape index (κ3) is 5.14. The summed E-state index contributed by atoms with van der Waals surface area (Å²) in [4.78, 5) is 38.7. The minimum atomic E-state index is -0.777. The van der Waals surface area contributed by atoms with Crippen molar-refractivity contribution in [3.05, 3.63) is 96.2 Å². The number of nitrogens with two attached hydrogens (primary N) is 1. The van der Waals surface area contributed by atoms with Crippen molar-refractivity contribution in [1.82, 2.24) is 19.5 Å². The second kappa shape index (κ2) is 10.8. The highest BCUT2D eigenvalue weighted by molar-refractivity contribution is 6.03. The van der Waals surface area contributed by atoms with Crippen molar-refractivity contribution in [3.8, 4) is 22.8 Å². The van der Waals surface area contributed by atoms with Gasteiger partial charge in [0.05, 0.1) is 12.3 Å². The number of para-hydroxylation sites is 1. The number of ether oxygens (including phenoxy) is 2. The Morgan fingerprint density at radius 2 is 1.58 bits per heavy atom. The van der Waals surface area contributed by atoms with Crippen LogP contribution in [0.2, 0.25) is 0 Å². The lowest BCUT2D eigenvalue weighted by Gasteiger charge is -2.11. The first-order valence-electron chi connectivity index (χ1n) is 11.9. The molecule has 10 heteroatoms. The molecule has 0 aliphatic carbocycles. The lowest BCUT2D eigenvalue weighted by Crippen LogP contribution is -2.16. The summed E-state index contributed by atoms with van der Waals surface area (Å²) in [6.45, 7) is 2.51. The zero-order chi connectivity index (χ0) is 26.5. The van der Waals surface area contributed by atoms with E-state index in [9.17, 15) is 9.59 Å². The first-order chi connectivity index (χ1) is 18.5. The molecule has 0 aliphatic heterocycles. The van der Waals surface area contributed by atoms with Crippen molar-refractivity contribution in [3.63, 3.8) is 0 Å². The number of nitrogens with zero attached hydrogens (tertiary/aromatic N) is 4. The minimum Gasteiger partial charge on any atom is -0.494 e. The van der Waals surface area contributed by atoms with Crippen LogP contribution < -0.4 is 15.8 Å². The third-order valence-corrected chi connectivity index (χ3v) is 5.60. The van der Waals surface area contributed by atoms with Gasteiger partial charge in [0.2, 0.25) is 5.95 Å². The Morgan fingerprint density at radius 3 is 2.24 bits per heavy atom. The van der Waals surface area contributed by atoms with Crippen molar-refractivity contribution in [2.75, 3.05) is 11.9 Å². The Bertz CT molecular complexity index is 1590. The van der Waals surface area contributed by atoms with Gasteiger partial charge in [-0.1, -0.05) is 48.5 Å². The first-order valence-corrected chi connectivity index (χ1v) is 11.9. The van der Waals surface area contributed by atoms with Crippen LogP contribution >= 0.6 is 0 Å². The quantitative estimate of drug-likeness (QED) is 0.309. The molecule has 3 aromatic carbocycles. The molecule has 10 nitrogen and oxygen atoms in total. The number of nitrogens with one attached hydrogen (secondary N) is 1. The number of carbonyl (C=O) groups is 2. The Balaban J connectivity index is 1.59. The number of imidazole rings is 1.